The number of halogens is 1. The van der Waals surface area contributed by atoms with Crippen molar-refractivity contribution in [3.63, 3.8) is 0 Å². The maximum absolute atomic E-state index is 13.5. The molecule has 0 radical (unpaired) electrons. The summed E-state index contributed by atoms with van der Waals surface area (Å²) in [6, 6.07) is 5.94. The largest absolute Gasteiger partial charge is 0.497 e. The van der Waals surface area contributed by atoms with E-state index in [2.05, 4.69) is 9.68 Å². The first-order valence-corrected chi connectivity index (χ1v) is 4.27. The Kier molecular flexibility index (Phi) is 2.29. The summed E-state index contributed by atoms with van der Waals surface area (Å²) in [6.07, 6.45) is 0. The van der Waals surface area contributed by atoms with E-state index >= 15 is 0 Å². The molecule has 1 aromatic carbocycles. The molecule has 1 aromatic heterocycles. The molecular formula is C10H9FN2O2. The predicted octanol–water partition coefficient (Wildman–Crippen LogP) is 2.07. The van der Waals surface area contributed by atoms with Crippen molar-refractivity contribution in [3.05, 3.63) is 30.1 Å². The molecule has 0 bridgehead atoms. The molecule has 0 atom stereocenters. The van der Waals surface area contributed by atoms with E-state index in [9.17, 15) is 4.39 Å². The van der Waals surface area contributed by atoms with E-state index in [-0.39, 0.29) is 5.88 Å². The summed E-state index contributed by atoms with van der Waals surface area (Å²) >= 11 is 0. The molecule has 4 nitrogen and oxygen atoms in total. The van der Waals surface area contributed by atoms with Crippen LogP contribution in [-0.2, 0) is 0 Å². The molecule has 1 heterocycles. The van der Waals surface area contributed by atoms with Gasteiger partial charge in [0, 0.05) is 17.7 Å². The summed E-state index contributed by atoms with van der Waals surface area (Å²) < 4.78 is 23.1. The fourth-order valence-electron chi connectivity index (χ4n) is 1.25. The van der Waals surface area contributed by atoms with Crippen LogP contribution in [0.1, 0.15) is 0 Å². The third-order valence-corrected chi connectivity index (χ3v) is 1.98. The average Bonchev–Trinajstić information content (AvgIpc) is 2.64. The van der Waals surface area contributed by atoms with Crippen molar-refractivity contribution in [2.45, 2.75) is 0 Å². The molecule has 15 heavy (non-hydrogen) atoms. The Morgan fingerprint density at radius 3 is 2.73 bits per heavy atom. The number of hydrogen-bond donors (Lipinski definition) is 1. The van der Waals surface area contributed by atoms with Crippen molar-refractivity contribution in [1.82, 2.24) is 5.16 Å². The van der Waals surface area contributed by atoms with Crippen molar-refractivity contribution in [3.8, 4) is 17.0 Å². The lowest BCUT2D eigenvalue weighted by Gasteiger charge is -2.02. The van der Waals surface area contributed by atoms with Gasteiger partial charge < -0.3 is 15.0 Å². The molecule has 2 N–H and O–H groups in total. The second-order valence-electron chi connectivity index (χ2n) is 2.96. The highest BCUT2D eigenvalue weighted by Crippen LogP contribution is 2.26. The summed E-state index contributed by atoms with van der Waals surface area (Å²) in [4.78, 5) is 0. The summed E-state index contributed by atoms with van der Waals surface area (Å²) in [6.45, 7) is 0. The van der Waals surface area contributed by atoms with Gasteiger partial charge >= 0.3 is 0 Å². The van der Waals surface area contributed by atoms with Crippen LogP contribution in [0.2, 0.25) is 0 Å². The van der Waals surface area contributed by atoms with Crippen molar-refractivity contribution >= 4 is 5.88 Å². The molecule has 0 aliphatic rings. The van der Waals surface area contributed by atoms with Crippen LogP contribution in [0.3, 0.4) is 0 Å². The van der Waals surface area contributed by atoms with E-state index in [0.29, 0.717) is 17.0 Å². The minimum atomic E-state index is -0.428. The predicted molar refractivity (Wildman–Crippen MR) is 52.9 cm³/mol. The third kappa shape index (κ3) is 1.76. The molecule has 2 aromatic rings. The quantitative estimate of drug-likeness (QED) is 0.820. The molecule has 0 saturated heterocycles. The van der Waals surface area contributed by atoms with E-state index in [1.54, 1.807) is 12.1 Å². The van der Waals surface area contributed by atoms with Crippen LogP contribution in [0.15, 0.2) is 28.8 Å². The van der Waals surface area contributed by atoms with E-state index in [4.69, 9.17) is 10.5 Å². The second kappa shape index (κ2) is 3.61. The smallest absolute Gasteiger partial charge is 0.222 e. The first-order valence-electron chi connectivity index (χ1n) is 4.27. The van der Waals surface area contributed by atoms with Crippen LogP contribution in [0.4, 0.5) is 10.3 Å². The molecule has 78 valence electrons. The first-order chi connectivity index (χ1) is 7.20. The summed E-state index contributed by atoms with van der Waals surface area (Å²) in [5.74, 6) is 0.176. The van der Waals surface area contributed by atoms with E-state index in [1.807, 2.05) is 0 Å². The van der Waals surface area contributed by atoms with Crippen molar-refractivity contribution in [1.29, 1.82) is 0 Å². The number of methoxy groups -OCH3 is 1. The number of rotatable bonds is 2. The average molecular weight is 208 g/mol. The molecule has 0 saturated carbocycles. The minimum absolute atomic E-state index is 0.153. The number of anilines is 1. The summed E-state index contributed by atoms with van der Waals surface area (Å²) in [7, 11) is 1.47. The van der Waals surface area contributed by atoms with E-state index in [0.717, 1.165) is 0 Å². The normalized spacial score (nSPS) is 10.3. The number of hydrogen-bond acceptors (Lipinski definition) is 4. The van der Waals surface area contributed by atoms with Crippen molar-refractivity contribution in [2.75, 3.05) is 12.8 Å². The zero-order valence-corrected chi connectivity index (χ0v) is 8.03. The minimum Gasteiger partial charge on any atom is -0.497 e. The molecule has 0 fully saturated rings. The van der Waals surface area contributed by atoms with Gasteiger partial charge in [-0.1, -0.05) is 5.16 Å². The number of aromatic nitrogens is 1. The van der Waals surface area contributed by atoms with Crippen LogP contribution in [0, 0.1) is 5.82 Å². The highest BCUT2D eigenvalue weighted by Gasteiger charge is 2.10. The van der Waals surface area contributed by atoms with Crippen LogP contribution >= 0.6 is 0 Å². The maximum Gasteiger partial charge on any atom is 0.222 e. The van der Waals surface area contributed by atoms with E-state index in [1.165, 1.54) is 19.2 Å². The molecule has 0 aliphatic carbocycles. The van der Waals surface area contributed by atoms with Gasteiger partial charge in [0.15, 0.2) is 0 Å². The molecule has 0 unspecified atom stereocenters. The molecule has 0 spiro atoms. The number of nitrogen functional groups attached to an aromatic ring is 1. The number of nitrogens with zero attached hydrogens (tertiary/aromatic N) is 1. The number of nitrogens with two attached hydrogens (primary N) is 1. The summed E-state index contributed by atoms with van der Waals surface area (Å²) in [5.41, 5.74) is 6.04. The lowest BCUT2D eigenvalue weighted by Crippen LogP contribution is -1.88. The van der Waals surface area contributed by atoms with Gasteiger partial charge in [-0.25, -0.2) is 4.39 Å². The standard InChI is InChI=1S/C10H9FN2O2/c1-14-6-2-3-7(8(11)4-6)9-5-10(12)15-13-9/h2-5H,12H2,1H3. The van der Waals surface area contributed by atoms with Crippen molar-refractivity contribution in [2.24, 2.45) is 0 Å². The van der Waals surface area contributed by atoms with Crippen molar-refractivity contribution < 1.29 is 13.7 Å². The highest BCUT2D eigenvalue weighted by atomic mass is 19.1. The van der Waals surface area contributed by atoms with Crippen LogP contribution in [-0.4, -0.2) is 12.3 Å². The summed E-state index contributed by atoms with van der Waals surface area (Å²) in [5, 5.41) is 3.62. The van der Waals surface area contributed by atoms with Gasteiger partial charge in [0.2, 0.25) is 5.88 Å². The van der Waals surface area contributed by atoms with Gasteiger partial charge in [-0.2, -0.15) is 0 Å². The molecular weight excluding hydrogens is 199 g/mol. The fourth-order valence-corrected chi connectivity index (χ4v) is 1.25. The van der Waals surface area contributed by atoms with E-state index < -0.39 is 5.82 Å². The Morgan fingerprint density at radius 1 is 1.40 bits per heavy atom. The van der Waals surface area contributed by atoms with Gasteiger partial charge in [-0.15, -0.1) is 0 Å². The first kappa shape index (κ1) is 9.51. The van der Waals surface area contributed by atoms with Gasteiger partial charge in [0.1, 0.15) is 17.3 Å². The topological polar surface area (TPSA) is 61.3 Å². The lowest BCUT2D eigenvalue weighted by molar-refractivity contribution is 0.411. The fraction of sp³-hybridized carbons (Fsp3) is 0.100. The molecule has 2 rings (SSSR count). The zero-order chi connectivity index (χ0) is 10.8. The van der Waals surface area contributed by atoms with Crippen LogP contribution in [0.25, 0.3) is 11.3 Å². The van der Waals surface area contributed by atoms with Gasteiger partial charge in [-0.05, 0) is 12.1 Å². The Hall–Kier alpha value is -2.04. The Morgan fingerprint density at radius 2 is 2.20 bits per heavy atom. The Labute approximate surface area is 85.4 Å². The SMILES string of the molecule is COc1ccc(-c2cc(N)on2)c(F)c1. The molecule has 5 heteroatoms. The maximum atomic E-state index is 13.5. The van der Waals surface area contributed by atoms with Crippen LogP contribution < -0.4 is 10.5 Å². The lowest BCUT2D eigenvalue weighted by atomic mass is 10.1. The monoisotopic (exact) mass is 208 g/mol. The Balaban J connectivity index is 2.45. The van der Waals surface area contributed by atoms with Gasteiger partial charge in [-0.3, -0.25) is 0 Å². The van der Waals surface area contributed by atoms with Gasteiger partial charge in [0.05, 0.1) is 7.11 Å². The Bertz CT molecular complexity index is 482. The number of benzene rings is 1. The second-order valence-corrected chi connectivity index (χ2v) is 2.96. The number of ether oxygens (including phenoxy) is 1. The molecule has 0 aliphatic heterocycles. The highest BCUT2D eigenvalue weighted by molar-refractivity contribution is 5.62. The zero-order valence-electron chi connectivity index (χ0n) is 8.03. The molecule has 0 amide bonds. The van der Waals surface area contributed by atoms with Gasteiger partial charge in [0.25, 0.3) is 0 Å². The van der Waals surface area contributed by atoms with Crippen LogP contribution in [0.5, 0.6) is 5.75 Å². The third-order valence-electron chi connectivity index (χ3n) is 1.98.